The Balaban J connectivity index is 1.42. The van der Waals surface area contributed by atoms with Crippen molar-refractivity contribution in [3.63, 3.8) is 0 Å². The minimum Gasteiger partial charge on any atom is -0.458 e. The second-order valence-electron chi connectivity index (χ2n) is 9.47. The second-order valence-corrected chi connectivity index (χ2v) is 9.47. The summed E-state index contributed by atoms with van der Waals surface area (Å²) in [6.45, 7) is 10.7. The number of fused-ring (bicyclic) bond motifs is 4. The normalized spacial score (nSPS) is 41.8. The molecule has 5 aliphatic rings. The van der Waals surface area contributed by atoms with Gasteiger partial charge in [0.2, 0.25) is 0 Å². The molecule has 3 fully saturated rings. The van der Waals surface area contributed by atoms with Gasteiger partial charge in [-0.2, -0.15) is 0 Å². The summed E-state index contributed by atoms with van der Waals surface area (Å²) in [5.74, 6) is -1.70. The monoisotopic (exact) mass is 416 g/mol. The van der Waals surface area contributed by atoms with Crippen LogP contribution in [-0.2, 0) is 33.3 Å². The lowest BCUT2D eigenvalue weighted by molar-refractivity contribution is -0.197. The molecule has 162 valence electrons. The first-order valence-electron chi connectivity index (χ1n) is 10.6. The van der Waals surface area contributed by atoms with Crippen LogP contribution in [0.1, 0.15) is 33.6 Å². The summed E-state index contributed by atoms with van der Waals surface area (Å²) in [4.78, 5) is 25.4. The van der Waals surface area contributed by atoms with Gasteiger partial charge in [-0.15, -0.1) is 0 Å². The molecule has 2 saturated heterocycles. The molecule has 0 bridgehead atoms. The van der Waals surface area contributed by atoms with Crippen molar-refractivity contribution in [2.75, 3.05) is 19.8 Å². The molecule has 30 heavy (non-hydrogen) atoms. The minimum absolute atomic E-state index is 0.0685. The van der Waals surface area contributed by atoms with E-state index in [9.17, 15) is 9.59 Å². The predicted octanol–water partition coefficient (Wildman–Crippen LogP) is 2.46. The van der Waals surface area contributed by atoms with E-state index in [1.165, 1.54) is 5.57 Å². The molecule has 0 amide bonds. The highest BCUT2D eigenvalue weighted by Crippen LogP contribution is 2.58. The fourth-order valence-electron chi connectivity index (χ4n) is 5.49. The van der Waals surface area contributed by atoms with Crippen LogP contribution >= 0.6 is 0 Å². The Kier molecular flexibility index (Phi) is 4.51. The van der Waals surface area contributed by atoms with Crippen LogP contribution in [0.5, 0.6) is 0 Å². The van der Waals surface area contributed by atoms with Crippen LogP contribution in [0.25, 0.3) is 0 Å². The van der Waals surface area contributed by atoms with Crippen molar-refractivity contribution in [3.8, 4) is 0 Å². The van der Waals surface area contributed by atoms with Crippen molar-refractivity contribution >= 4 is 11.9 Å². The van der Waals surface area contributed by atoms with Crippen molar-refractivity contribution in [3.05, 3.63) is 35.5 Å². The Hall–Kier alpha value is -1.96. The summed E-state index contributed by atoms with van der Waals surface area (Å²) >= 11 is 0. The van der Waals surface area contributed by atoms with Crippen LogP contribution in [0.4, 0.5) is 0 Å². The van der Waals surface area contributed by atoms with E-state index in [0.717, 1.165) is 6.42 Å². The molecule has 3 aliphatic heterocycles. The number of carbonyl (C=O) groups excluding carboxylic acids is 2. The summed E-state index contributed by atoms with van der Waals surface area (Å²) < 4.78 is 29.0. The number of rotatable bonds is 2. The summed E-state index contributed by atoms with van der Waals surface area (Å²) in [5.41, 5.74) is 1.67. The first kappa shape index (κ1) is 20.0. The summed E-state index contributed by atoms with van der Waals surface area (Å²) in [6.07, 6.45) is 4.41. The molecule has 0 aromatic rings. The van der Waals surface area contributed by atoms with E-state index in [2.05, 4.69) is 19.6 Å². The zero-order valence-electron chi connectivity index (χ0n) is 17.6. The Morgan fingerprint density at radius 1 is 1.20 bits per heavy atom. The molecule has 7 nitrogen and oxygen atoms in total. The van der Waals surface area contributed by atoms with E-state index in [-0.39, 0.29) is 42.7 Å². The molecule has 6 atom stereocenters. The van der Waals surface area contributed by atoms with Crippen LogP contribution in [-0.4, -0.2) is 55.4 Å². The number of hydrogen-bond acceptors (Lipinski definition) is 7. The Morgan fingerprint density at radius 3 is 2.70 bits per heavy atom. The summed E-state index contributed by atoms with van der Waals surface area (Å²) in [7, 11) is 0. The third-order valence-electron chi connectivity index (χ3n) is 7.26. The Labute approximate surface area is 176 Å². The second kappa shape index (κ2) is 6.77. The van der Waals surface area contributed by atoms with Crippen LogP contribution < -0.4 is 0 Å². The van der Waals surface area contributed by atoms with Gasteiger partial charge in [0.1, 0.15) is 12.2 Å². The fraction of sp³-hybridized carbons (Fsp3) is 0.652. The molecule has 0 radical (unpaired) electrons. The van der Waals surface area contributed by atoms with Gasteiger partial charge in [0, 0.05) is 23.8 Å². The van der Waals surface area contributed by atoms with Gasteiger partial charge in [-0.05, 0) is 33.3 Å². The maximum Gasteiger partial charge on any atom is 0.336 e. The highest BCUT2D eigenvalue weighted by Gasteiger charge is 2.65. The lowest BCUT2D eigenvalue weighted by atomic mass is 9.78. The molecular formula is C23H28O7. The van der Waals surface area contributed by atoms with E-state index in [4.69, 9.17) is 23.7 Å². The fourth-order valence-corrected chi connectivity index (χ4v) is 5.49. The Morgan fingerprint density at radius 2 is 1.97 bits per heavy atom. The number of ether oxygens (including phenoxy) is 5. The van der Waals surface area contributed by atoms with E-state index in [0.29, 0.717) is 24.2 Å². The van der Waals surface area contributed by atoms with Crippen LogP contribution in [0.15, 0.2) is 35.5 Å². The van der Waals surface area contributed by atoms with Gasteiger partial charge in [-0.3, -0.25) is 0 Å². The minimum atomic E-state index is -0.765. The van der Waals surface area contributed by atoms with E-state index in [1.54, 1.807) is 19.9 Å². The summed E-state index contributed by atoms with van der Waals surface area (Å²) in [5, 5.41) is 0. The van der Waals surface area contributed by atoms with Crippen LogP contribution in [0, 0.1) is 17.8 Å². The van der Waals surface area contributed by atoms with Gasteiger partial charge in [0.25, 0.3) is 0 Å². The van der Waals surface area contributed by atoms with Crippen molar-refractivity contribution in [1.82, 2.24) is 0 Å². The lowest BCUT2D eigenvalue weighted by Crippen LogP contribution is -2.36. The van der Waals surface area contributed by atoms with Gasteiger partial charge in [0.15, 0.2) is 5.79 Å². The standard InChI is InChI=1S/C23H28O7/c1-12-5-6-15-17(12)19-18(13(2)20(24)30-19)16(9-23(15)11-28-23)29-21(25)14-7-8-26-22(3,4)27-10-14/h5,7,15-19H,2,6,8-11H2,1,3-4H3/t15-,16-,17+,18-,19-,23-/m1/s1. The topological polar surface area (TPSA) is 83.6 Å². The number of esters is 2. The average molecular weight is 416 g/mol. The molecule has 3 heterocycles. The van der Waals surface area contributed by atoms with Gasteiger partial charge in [0.05, 0.1) is 36.9 Å². The van der Waals surface area contributed by atoms with Crippen molar-refractivity contribution in [1.29, 1.82) is 0 Å². The highest BCUT2D eigenvalue weighted by atomic mass is 16.7. The van der Waals surface area contributed by atoms with Gasteiger partial charge < -0.3 is 23.7 Å². The van der Waals surface area contributed by atoms with Gasteiger partial charge in [-0.25, -0.2) is 9.59 Å². The molecule has 0 unspecified atom stereocenters. The van der Waals surface area contributed by atoms with Crippen molar-refractivity contribution < 1.29 is 33.3 Å². The highest BCUT2D eigenvalue weighted by molar-refractivity contribution is 5.92. The quantitative estimate of drug-likeness (QED) is 0.296. The van der Waals surface area contributed by atoms with Gasteiger partial charge in [-0.1, -0.05) is 18.2 Å². The molecule has 0 aromatic carbocycles. The third kappa shape index (κ3) is 3.15. The zero-order chi connectivity index (χ0) is 21.3. The summed E-state index contributed by atoms with van der Waals surface area (Å²) in [6, 6.07) is 0. The maximum atomic E-state index is 13.0. The lowest BCUT2D eigenvalue weighted by Gasteiger charge is -2.29. The van der Waals surface area contributed by atoms with Gasteiger partial charge >= 0.3 is 11.9 Å². The van der Waals surface area contributed by atoms with E-state index in [1.807, 2.05) is 0 Å². The average Bonchev–Trinajstić information content (AvgIpc) is 3.33. The smallest absolute Gasteiger partial charge is 0.336 e. The number of carbonyl (C=O) groups is 2. The van der Waals surface area contributed by atoms with Crippen molar-refractivity contribution in [2.45, 2.75) is 57.2 Å². The maximum absolute atomic E-state index is 13.0. The third-order valence-corrected chi connectivity index (χ3v) is 7.26. The first-order valence-corrected chi connectivity index (χ1v) is 10.6. The Bertz CT molecular complexity index is 863. The van der Waals surface area contributed by atoms with Crippen LogP contribution in [0.2, 0.25) is 0 Å². The molecule has 2 aliphatic carbocycles. The molecule has 1 spiro atoms. The predicted molar refractivity (Wildman–Crippen MR) is 105 cm³/mol. The number of allylic oxidation sites excluding steroid dienone is 1. The molecule has 1 saturated carbocycles. The molecule has 7 heteroatoms. The zero-order valence-corrected chi connectivity index (χ0v) is 17.6. The van der Waals surface area contributed by atoms with E-state index < -0.39 is 23.8 Å². The largest absolute Gasteiger partial charge is 0.458 e. The molecule has 5 rings (SSSR count). The van der Waals surface area contributed by atoms with E-state index >= 15 is 0 Å². The van der Waals surface area contributed by atoms with Crippen LogP contribution in [0.3, 0.4) is 0 Å². The number of epoxide rings is 1. The van der Waals surface area contributed by atoms with Crippen molar-refractivity contribution in [2.24, 2.45) is 17.8 Å². The SMILES string of the molecule is C=C1C(=O)O[C@@H]2[C@H]3C(C)=CC[C@H]3[C@]3(CO3)C[C@@H](OC(=O)C3=CCOC(C)(C)OC3)[C@@H]12. The molecule has 0 N–H and O–H groups in total. The molecular weight excluding hydrogens is 388 g/mol. The first-order chi connectivity index (χ1) is 14.2. The number of hydrogen-bond donors (Lipinski definition) is 0. The molecule has 0 aromatic heterocycles.